The molecule has 0 N–H and O–H groups in total. The van der Waals surface area contributed by atoms with Gasteiger partial charge in [0.15, 0.2) is 11.5 Å². The first-order valence-corrected chi connectivity index (χ1v) is 6.10. The molecule has 2 aromatic carbocycles. The first-order chi connectivity index (χ1) is 9.74. The summed E-state index contributed by atoms with van der Waals surface area (Å²) >= 11 is 0. The van der Waals surface area contributed by atoms with Crippen molar-refractivity contribution in [2.45, 2.75) is 0 Å². The fourth-order valence-corrected chi connectivity index (χ4v) is 1.52. The van der Waals surface area contributed by atoms with Gasteiger partial charge in [-0.3, -0.25) is 0 Å². The van der Waals surface area contributed by atoms with Crippen LogP contribution in [-0.2, 0) is 0 Å². The summed E-state index contributed by atoms with van der Waals surface area (Å²) in [5, 5.41) is 0. The van der Waals surface area contributed by atoms with E-state index in [4.69, 9.17) is 18.9 Å². The summed E-state index contributed by atoms with van der Waals surface area (Å²) in [6.07, 6.45) is 0. The average Bonchev–Trinajstić information content (AvgIpc) is 2.55. The van der Waals surface area contributed by atoms with E-state index in [1.165, 1.54) is 0 Å². The Hall–Kier alpha value is -2.36. The third-order valence-corrected chi connectivity index (χ3v) is 2.57. The molecule has 0 heterocycles. The Kier molecular flexibility index (Phi) is 6.82. The monoisotopic (exact) mass is 276 g/mol. The van der Waals surface area contributed by atoms with Crippen LogP contribution in [0.25, 0.3) is 0 Å². The fraction of sp³-hybridized carbons (Fsp3) is 0.250. The second-order valence-corrected chi connectivity index (χ2v) is 3.74. The van der Waals surface area contributed by atoms with Crippen LogP contribution in [0.15, 0.2) is 48.5 Å². The zero-order chi connectivity index (χ0) is 14.8. The summed E-state index contributed by atoms with van der Waals surface area (Å²) in [7, 11) is 6.51. The van der Waals surface area contributed by atoms with E-state index in [-0.39, 0.29) is 0 Å². The van der Waals surface area contributed by atoms with Gasteiger partial charge in [-0.05, 0) is 24.3 Å². The maximum absolute atomic E-state index is 5.01. The molecule has 20 heavy (non-hydrogen) atoms. The SMILES string of the molecule is COc1cccc(OC)c1.COc1ccccc1OC. The van der Waals surface area contributed by atoms with Crippen LogP contribution in [-0.4, -0.2) is 28.4 Å². The Bertz CT molecular complexity index is 469. The van der Waals surface area contributed by atoms with E-state index >= 15 is 0 Å². The van der Waals surface area contributed by atoms with Crippen LogP contribution in [0.1, 0.15) is 0 Å². The average molecular weight is 276 g/mol. The van der Waals surface area contributed by atoms with Crippen molar-refractivity contribution >= 4 is 0 Å². The maximum atomic E-state index is 5.01. The van der Waals surface area contributed by atoms with Crippen LogP contribution in [0.2, 0.25) is 0 Å². The lowest BCUT2D eigenvalue weighted by molar-refractivity contribution is 0.355. The van der Waals surface area contributed by atoms with Gasteiger partial charge >= 0.3 is 0 Å². The van der Waals surface area contributed by atoms with Gasteiger partial charge in [-0.25, -0.2) is 0 Å². The van der Waals surface area contributed by atoms with Gasteiger partial charge in [-0.2, -0.15) is 0 Å². The number of para-hydroxylation sites is 2. The van der Waals surface area contributed by atoms with Crippen molar-refractivity contribution in [1.82, 2.24) is 0 Å². The minimum Gasteiger partial charge on any atom is -0.497 e. The van der Waals surface area contributed by atoms with Gasteiger partial charge in [0.1, 0.15) is 11.5 Å². The Labute approximate surface area is 119 Å². The topological polar surface area (TPSA) is 36.9 Å². The summed E-state index contributed by atoms with van der Waals surface area (Å²) in [6, 6.07) is 15.0. The fourth-order valence-electron chi connectivity index (χ4n) is 1.52. The van der Waals surface area contributed by atoms with Crippen molar-refractivity contribution < 1.29 is 18.9 Å². The summed E-state index contributed by atoms with van der Waals surface area (Å²) in [4.78, 5) is 0. The van der Waals surface area contributed by atoms with Crippen LogP contribution >= 0.6 is 0 Å². The third-order valence-electron chi connectivity index (χ3n) is 2.57. The third kappa shape index (κ3) is 4.72. The van der Waals surface area contributed by atoms with Crippen LogP contribution in [0.4, 0.5) is 0 Å². The van der Waals surface area contributed by atoms with E-state index in [1.807, 2.05) is 48.5 Å². The lowest BCUT2D eigenvalue weighted by Gasteiger charge is -2.04. The molecular formula is C16H20O4. The Morgan fingerprint density at radius 1 is 0.550 bits per heavy atom. The molecule has 0 saturated heterocycles. The van der Waals surface area contributed by atoms with E-state index in [1.54, 1.807) is 28.4 Å². The van der Waals surface area contributed by atoms with Crippen molar-refractivity contribution in [2.75, 3.05) is 28.4 Å². The molecule has 0 bridgehead atoms. The lowest BCUT2D eigenvalue weighted by Crippen LogP contribution is -1.88. The van der Waals surface area contributed by atoms with Crippen LogP contribution in [0.3, 0.4) is 0 Å². The highest BCUT2D eigenvalue weighted by atomic mass is 16.5. The predicted molar refractivity (Wildman–Crippen MR) is 79.1 cm³/mol. The number of hydrogen-bond acceptors (Lipinski definition) is 4. The van der Waals surface area contributed by atoms with Gasteiger partial charge in [0, 0.05) is 6.07 Å². The van der Waals surface area contributed by atoms with Gasteiger partial charge in [0.2, 0.25) is 0 Å². The van der Waals surface area contributed by atoms with Crippen molar-refractivity contribution in [3.8, 4) is 23.0 Å². The number of benzene rings is 2. The summed E-state index contributed by atoms with van der Waals surface area (Å²) in [6.45, 7) is 0. The zero-order valence-corrected chi connectivity index (χ0v) is 12.3. The smallest absolute Gasteiger partial charge is 0.160 e. The normalized spacial score (nSPS) is 9.00. The molecule has 0 amide bonds. The summed E-state index contributed by atoms with van der Waals surface area (Å²) < 4.78 is 20.0. The molecule has 0 aromatic heterocycles. The molecule has 0 radical (unpaired) electrons. The van der Waals surface area contributed by atoms with Crippen molar-refractivity contribution in [2.24, 2.45) is 0 Å². The second kappa shape index (κ2) is 8.69. The van der Waals surface area contributed by atoms with Crippen molar-refractivity contribution in [1.29, 1.82) is 0 Å². The van der Waals surface area contributed by atoms with Gasteiger partial charge < -0.3 is 18.9 Å². The first-order valence-electron chi connectivity index (χ1n) is 6.10. The zero-order valence-electron chi connectivity index (χ0n) is 12.3. The van der Waals surface area contributed by atoms with E-state index < -0.39 is 0 Å². The highest BCUT2D eigenvalue weighted by molar-refractivity contribution is 5.39. The predicted octanol–water partition coefficient (Wildman–Crippen LogP) is 3.41. The van der Waals surface area contributed by atoms with Crippen LogP contribution in [0, 0.1) is 0 Å². The Morgan fingerprint density at radius 3 is 1.35 bits per heavy atom. The first kappa shape index (κ1) is 15.7. The molecule has 0 saturated carbocycles. The molecule has 0 aliphatic carbocycles. The molecule has 4 nitrogen and oxygen atoms in total. The molecule has 2 aromatic rings. The second-order valence-electron chi connectivity index (χ2n) is 3.74. The van der Waals surface area contributed by atoms with Gasteiger partial charge in [0.05, 0.1) is 28.4 Å². The molecule has 0 atom stereocenters. The molecule has 0 unspecified atom stereocenters. The van der Waals surface area contributed by atoms with Gasteiger partial charge in [-0.1, -0.05) is 18.2 Å². The number of methoxy groups -OCH3 is 4. The maximum Gasteiger partial charge on any atom is 0.160 e. The highest BCUT2D eigenvalue weighted by Crippen LogP contribution is 2.24. The number of hydrogen-bond donors (Lipinski definition) is 0. The number of rotatable bonds is 4. The van der Waals surface area contributed by atoms with Gasteiger partial charge in [0.25, 0.3) is 0 Å². The molecule has 108 valence electrons. The van der Waals surface area contributed by atoms with Crippen LogP contribution in [0.5, 0.6) is 23.0 Å². The molecule has 4 heteroatoms. The quantitative estimate of drug-likeness (QED) is 0.857. The molecule has 0 aliphatic rings. The Morgan fingerprint density at radius 2 is 1.00 bits per heavy atom. The molecule has 0 spiro atoms. The standard InChI is InChI=1S/2C8H10O2/c1-9-7-4-3-5-8(6-7)10-2;1-9-7-5-3-4-6-8(7)10-2/h2*3-6H,1-2H3. The van der Waals surface area contributed by atoms with Crippen LogP contribution < -0.4 is 18.9 Å². The minimum absolute atomic E-state index is 0.769. The summed E-state index contributed by atoms with van der Waals surface area (Å²) in [5.41, 5.74) is 0. The molecule has 0 aliphatic heterocycles. The molecular weight excluding hydrogens is 256 g/mol. The van der Waals surface area contributed by atoms with Crippen molar-refractivity contribution in [3.05, 3.63) is 48.5 Å². The largest absolute Gasteiger partial charge is 0.497 e. The van der Waals surface area contributed by atoms with Gasteiger partial charge in [-0.15, -0.1) is 0 Å². The van der Waals surface area contributed by atoms with Crippen molar-refractivity contribution in [3.63, 3.8) is 0 Å². The lowest BCUT2D eigenvalue weighted by atomic mass is 10.3. The minimum atomic E-state index is 0.769. The van der Waals surface area contributed by atoms with E-state index in [0.717, 1.165) is 23.0 Å². The van der Waals surface area contributed by atoms with E-state index in [0.29, 0.717) is 0 Å². The number of ether oxygens (including phenoxy) is 4. The molecule has 2 rings (SSSR count). The Balaban J connectivity index is 0.000000200. The van der Waals surface area contributed by atoms with E-state index in [2.05, 4.69) is 0 Å². The van der Waals surface area contributed by atoms with E-state index in [9.17, 15) is 0 Å². The highest BCUT2D eigenvalue weighted by Gasteiger charge is 1.97. The summed E-state index contributed by atoms with van der Waals surface area (Å²) in [5.74, 6) is 3.17. The molecule has 0 fully saturated rings.